The van der Waals surface area contributed by atoms with E-state index in [4.69, 9.17) is 0 Å². The van der Waals surface area contributed by atoms with Gasteiger partial charge in [0.25, 0.3) is 5.91 Å². The van der Waals surface area contributed by atoms with Gasteiger partial charge in [-0.05, 0) is 68.3 Å². The fourth-order valence-corrected chi connectivity index (χ4v) is 2.98. The molecule has 0 bridgehead atoms. The van der Waals surface area contributed by atoms with Gasteiger partial charge >= 0.3 is 0 Å². The Hall–Kier alpha value is -2.40. The Balaban J connectivity index is 1.87. The van der Waals surface area contributed by atoms with E-state index in [0.29, 0.717) is 5.56 Å². The Kier molecular flexibility index (Phi) is 4.53. The monoisotopic (exact) mass is 383 g/mol. The summed E-state index contributed by atoms with van der Waals surface area (Å²) in [4.78, 5) is 12.6. The van der Waals surface area contributed by atoms with Gasteiger partial charge in [-0.1, -0.05) is 22.0 Å². The molecule has 2 aromatic carbocycles. The first-order valence-electron chi connectivity index (χ1n) is 7.64. The standard InChI is InChI=1S/C19H18BrN3O/c1-12-8-13(2)10-16(9-12)22-19(24)18-11-21-23(14(18)3)17-6-4-15(20)5-7-17/h4-11H,1-3H3,(H,22,24). The minimum absolute atomic E-state index is 0.152. The minimum Gasteiger partial charge on any atom is -0.322 e. The lowest BCUT2D eigenvalue weighted by atomic mass is 10.1. The van der Waals surface area contributed by atoms with Crippen molar-refractivity contribution in [2.75, 3.05) is 5.32 Å². The highest BCUT2D eigenvalue weighted by Crippen LogP contribution is 2.19. The third kappa shape index (κ3) is 3.41. The van der Waals surface area contributed by atoms with Crippen LogP contribution in [0.4, 0.5) is 5.69 Å². The van der Waals surface area contributed by atoms with E-state index in [1.807, 2.05) is 57.2 Å². The molecule has 0 aliphatic carbocycles. The molecule has 3 aromatic rings. The van der Waals surface area contributed by atoms with Gasteiger partial charge in [-0.3, -0.25) is 4.79 Å². The summed E-state index contributed by atoms with van der Waals surface area (Å²) in [6.07, 6.45) is 1.61. The third-order valence-electron chi connectivity index (χ3n) is 3.81. The van der Waals surface area contributed by atoms with Gasteiger partial charge in [0.1, 0.15) is 0 Å². The van der Waals surface area contributed by atoms with Crippen LogP contribution in [0.2, 0.25) is 0 Å². The van der Waals surface area contributed by atoms with Crippen LogP contribution in [0.3, 0.4) is 0 Å². The zero-order valence-corrected chi connectivity index (χ0v) is 15.4. The van der Waals surface area contributed by atoms with E-state index in [-0.39, 0.29) is 5.91 Å². The Morgan fingerprint density at radius 3 is 2.29 bits per heavy atom. The van der Waals surface area contributed by atoms with Gasteiger partial charge in [0.2, 0.25) is 0 Å². The number of nitrogens with zero attached hydrogens (tertiary/aromatic N) is 2. The summed E-state index contributed by atoms with van der Waals surface area (Å²) in [6, 6.07) is 13.8. The largest absolute Gasteiger partial charge is 0.322 e. The van der Waals surface area contributed by atoms with Crippen molar-refractivity contribution in [3.8, 4) is 5.69 Å². The second-order valence-corrected chi connectivity index (χ2v) is 6.78. The third-order valence-corrected chi connectivity index (χ3v) is 4.33. The maximum atomic E-state index is 12.6. The molecule has 0 spiro atoms. The van der Waals surface area contributed by atoms with Crippen molar-refractivity contribution in [3.63, 3.8) is 0 Å². The number of benzene rings is 2. The molecule has 1 N–H and O–H groups in total. The SMILES string of the molecule is Cc1cc(C)cc(NC(=O)c2cnn(-c3ccc(Br)cc3)c2C)c1. The molecule has 0 atom stereocenters. The summed E-state index contributed by atoms with van der Waals surface area (Å²) in [6.45, 7) is 5.92. The number of carbonyl (C=O) groups is 1. The first-order valence-corrected chi connectivity index (χ1v) is 8.43. The number of aromatic nitrogens is 2. The number of amides is 1. The molecular weight excluding hydrogens is 366 g/mol. The molecule has 0 fully saturated rings. The van der Waals surface area contributed by atoms with E-state index in [2.05, 4.69) is 32.4 Å². The number of hydrogen-bond donors (Lipinski definition) is 1. The molecular formula is C19H18BrN3O. The molecule has 5 heteroatoms. The van der Waals surface area contributed by atoms with Gasteiger partial charge in [0.15, 0.2) is 0 Å². The highest BCUT2D eigenvalue weighted by molar-refractivity contribution is 9.10. The fourth-order valence-electron chi connectivity index (χ4n) is 2.72. The zero-order chi connectivity index (χ0) is 17.3. The number of halogens is 1. The van der Waals surface area contributed by atoms with Crippen molar-refractivity contribution in [2.24, 2.45) is 0 Å². The molecule has 0 saturated heterocycles. The van der Waals surface area contributed by atoms with Crippen LogP contribution in [0, 0.1) is 20.8 Å². The van der Waals surface area contributed by atoms with Gasteiger partial charge in [-0.15, -0.1) is 0 Å². The number of hydrogen-bond acceptors (Lipinski definition) is 2. The van der Waals surface area contributed by atoms with Gasteiger partial charge in [0, 0.05) is 10.2 Å². The lowest BCUT2D eigenvalue weighted by Crippen LogP contribution is -2.13. The summed E-state index contributed by atoms with van der Waals surface area (Å²) in [7, 11) is 0. The first kappa shape index (κ1) is 16.5. The molecule has 0 aliphatic rings. The number of carbonyl (C=O) groups excluding carboxylic acids is 1. The maximum absolute atomic E-state index is 12.6. The normalized spacial score (nSPS) is 10.7. The number of nitrogens with one attached hydrogen (secondary N) is 1. The van der Waals surface area contributed by atoms with E-state index in [1.54, 1.807) is 10.9 Å². The van der Waals surface area contributed by atoms with Crippen LogP contribution < -0.4 is 5.32 Å². The molecule has 0 unspecified atom stereocenters. The summed E-state index contributed by atoms with van der Waals surface area (Å²) in [5, 5.41) is 7.31. The van der Waals surface area contributed by atoms with Crippen molar-refractivity contribution >= 4 is 27.5 Å². The molecule has 1 amide bonds. The topological polar surface area (TPSA) is 46.9 Å². The van der Waals surface area contributed by atoms with E-state index < -0.39 is 0 Å². The number of rotatable bonds is 3. The summed E-state index contributed by atoms with van der Waals surface area (Å²) >= 11 is 3.42. The highest BCUT2D eigenvalue weighted by atomic mass is 79.9. The Labute approximate surface area is 149 Å². The average molecular weight is 384 g/mol. The predicted molar refractivity (Wildman–Crippen MR) is 99.9 cm³/mol. The van der Waals surface area contributed by atoms with E-state index in [0.717, 1.165) is 32.7 Å². The van der Waals surface area contributed by atoms with E-state index in [1.165, 1.54) is 0 Å². The van der Waals surface area contributed by atoms with Crippen LogP contribution in [-0.4, -0.2) is 15.7 Å². The summed E-state index contributed by atoms with van der Waals surface area (Å²) in [5.74, 6) is -0.152. The highest BCUT2D eigenvalue weighted by Gasteiger charge is 2.15. The van der Waals surface area contributed by atoms with Crippen molar-refractivity contribution in [1.29, 1.82) is 0 Å². The Bertz CT molecular complexity index is 877. The Morgan fingerprint density at radius 1 is 1.04 bits per heavy atom. The van der Waals surface area contributed by atoms with Crippen molar-refractivity contribution < 1.29 is 4.79 Å². The van der Waals surface area contributed by atoms with Crippen molar-refractivity contribution in [2.45, 2.75) is 20.8 Å². The smallest absolute Gasteiger partial charge is 0.259 e. The molecule has 0 aliphatic heterocycles. The molecule has 3 rings (SSSR count). The van der Waals surface area contributed by atoms with Crippen molar-refractivity contribution in [3.05, 3.63) is 75.5 Å². The van der Waals surface area contributed by atoms with Crippen LogP contribution in [-0.2, 0) is 0 Å². The predicted octanol–water partition coefficient (Wildman–Crippen LogP) is 4.81. The van der Waals surface area contributed by atoms with Crippen LogP contribution in [0.5, 0.6) is 0 Å². The average Bonchev–Trinajstić information content (AvgIpc) is 2.89. The van der Waals surface area contributed by atoms with Crippen molar-refractivity contribution in [1.82, 2.24) is 9.78 Å². The molecule has 1 heterocycles. The fraction of sp³-hybridized carbons (Fsp3) is 0.158. The Morgan fingerprint density at radius 2 is 1.67 bits per heavy atom. The summed E-state index contributed by atoms with van der Waals surface area (Å²) < 4.78 is 2.77. The second-order valence-electron chi connectivity index (χ2n) is 5.86. The van der Waals surface area contributed by atoms with Crippen LogP contribution in [0.25, 0.3) is 5.69 Å². The second kappa shape index (κ2) is 6.61. The number of anilines is 1. The van der Waals surface area contributed by atoms with Gasteiger partial charge < -0.3 is 5.32 Å². The number of aryl methyl sites for hydroxylation is 2. The van der Waals surface area contributed by atoms with Crippen LogP contribution in [0.1, 0.15) is 27.2 Å². The minimum atomic E-state index is -0.152. The van der Waals surface area contributed by atoms with Crippen LogP contribution >= 0.6 is 15.9 Å². The zero-order valence-electron chi connectivity index (χ0n) is 13.8. The molecule has 0 saturated carbocycles. The van der Waals surface area contributed by atoms with E-state index >= 15 is 0 Å². The molecule has 122 valence electrons. The first-order chi connectivity index (χ1) is 11.4. The summed E-state index contributed by atoms with van der Waals surface area (Å²) in [5.41, 5.74) is 5.32. The van der Waals surface area contributed by atoms with E-state index in [9.17, 15) is 4.79 Å². The molecule has 1 aromatic heterocycles. The lowest BCUT2D eigenvalue weighted by Gasteiger charge is -2.08. The quantitative estimate of drug-likeness (QED) is 0.704. The van der Waals surface area contributed by atoms with Gasteiger partial charge in [-0.25, -0.2) is 4.68 Å². The van der Waals surface area contributed by atoms with Gasteiger partial charge in [-0.2, -0.15) is 5.10 Å². The molecule has 4 nitrogen and oxygen atoms in total. The van der Waals surface area contributed by atoms with Crippen LogP contribution in [0.15, 0.2) is 53.1 Å². The maximum Gasteiger partial charge on any atom is 0.259 e. The van der Waals surface area contributed by atoms with Gasteiger partial charge in [0.05, 0.1) is 23.1 Å². The lowest BCUT2D eigenvalue weighted by molar-refractivity contribution is 0.102. The molecule has 0 radical (unpaired) electrons. The molecule has 24 heavy (non-hydrogen) atoms.